The van der Waals surface area contributed by atoms with E-state index >= 15 is 0 Å². The van der Waals surface area contributed by atoms with Gasteiger partial charge in [0.15, 0.2) is 5.16 Å². The molecule has 30 heavy (non-hydrogen) atoms. The van der Waals surface area contributed by atoms with Gasteiger partial charge in [-0.3, -0.25) is 14.2 Å². The maximum absolute atomic E-state index is 13.3. The third kappa shape index (κ3) is 4.36. The molecule has 1 amide bonds. The Balaban J connectivity index is 1.63. The van der Waals surface area contributed by atoms with Gasteiger partial charge in [-0.05, 0) is 30.3 Å². The monoisotopic (exact) mass is 443 g/mol. The number of nitrogens with one attached hydrogen (secondary N) is 1. The Kier molecular flexibility index (Phi) is 6.10. The van der Waals surface area contributed by atoms with Crippen LogP contribution in [-0.4, -0.2) is 34.1 Å². The summed E-state index contributed by atoms with van der Waals surface area (Å²) in [5, 5.41) is 3.09. The van der Waals surface area contributed by atoms with Crippen LogP contribution < -0.4 is 15.6 Å². The number of thioether (sulfide) groups is 2. The van der Waals surface area contributed by atoms with Gasteiger partial charge in [-0.25, -0.2) is 9.37 Å². The molecular weight excluding hydrogens is 425 g/mol. The van der Waals surface area contributed by atoms with Crippen LogP contribution in [0.25, 0.3) is 5.69 Å². The minimum Gasteiger partial charge on any atom is -0.497 e. The van der Waals surface area contributed by atoms with Crippen LogP contribution in [0.2, 0.25) is 0 Å². The third-order valence-electron chi connectivity index (χ3n) is 4.42. The summed E-state index contributed by atoms with van der Waals surface area (Å²) in [6.45, 7) is 0. The maximum Gasteiger partial charge on any atom is 0.272 e. The first-order valence-electron chi connectivity index (χ1n) is 9.16. The second-order valence-electron chi connectivity index (χ2n) is 6.46. The summed E-state index contributed by atoms with van der Waals surface area (Å²) in [5.74, 6) is 0.715. The van der Waals surface area contributed by atoms with Gasteiger partial charge in [0, 0.05) is 23.9 Å². The Bertz CT molecular complexity index is 1170. The van der Waals surface area contributed by atoms with Crippen molar-refractivity contribution < 1.29 is 13.9 Å². The van der Waals surface area contributed by atoms with E-state index < -0.39 is 5.82 Å². The lowest BCUT2D eigenvalue weighted by Crippen LogP contribution is -2.24. The molecule has 0 aliphatic carbocycles. The van der Waals surface area contributed by atoms with E-state index in [1.807, 2.05) is 0 Å². The van der Waals surface area contributed by atoms with Gasteiger partial charge in [0.25, 0.3) is 5.56 Å². The molecule has 1 aliphatic heterocycles. The number of rotatable bonds is 6. The molecule has 4 rings (SSSR count). The second kappa shape index (κ2) is 8.93. The molecule has 6 nitrogen and oxygen atoms in total. The van der Waals surface area contributed by atoms with E-state index in [0.717, 1.165) is 29.6 Å². The van der Waals surface area contributed by atoms with E-state index in [0.29, 0.717) is 27.2 Å². The van der Waals surface area contributed by atoms with Crippen molar-refractivity contribution in [3.8, 4) is 11.4 Å². The number of carbonyl (C=O) groups excluding carboxylic acids is 1. The number of ether oxygens (including phenoxy) is 1. The van der Waals surface area contributed by atoms with Crippen LogP contribution in [-0.2, 0) is 11.2 Å². The van der Waals surface area contributed by atoms with Gasteiger partial charge in [-0.2, -0.15) is 0 Å². The Morgan fingerprint density at radius 3 is 2.93 bits per heavy atom. The van der Waals surface area contributed by atoms with Crippen LogP contribution in [0.15, 0.2) is 63.4 Å². The quantitative estimate of drug-likeness (QED) is 0.462. The number of nitrogens with zero attached hydrogens (tertiary/aromatic N) is 2. The number of aromatic nitrogens is 2. The summed E-state index contributed by atoms with van der Waals surface area (Å²) < 4.78 is 20.1. The fraction of sp³-hybridized carbons (Fsp3) is 0.190. The average molecular weight is 444 g/mol. The maximum atomic E-state index is 13.3. The topological polar surface area (TPSA) is 73.2 Å². The van der Waals surface area contributed by atoms with Crippen molar-refractivity contribution in [1.29, 1.82) is 0 Å². The van der Waals surface area contributed by atoms with Gasteiger partial charge in [0.05, 0.1) is 29.1 Å². The van der Waals surface area contributed by atoms with Gasteiger partial charge in [0.2, 0.25) is 5.91 Å². The smallest absolute Gasteiger partial charge is 0.272 e. The Hall–Kier alpha value is -2.78. The summed E-state index contributed by atoms with van der Waals surface area (Å²) in [5.41, 5.74) is 1.61. The van der Waals surface area contributed by atoms with Crippen LogP contribution in [0.1, 0.15) is 5.69 Å². The molecule has 0 saturated heterocycles. The van der Waals surface area contributed by atoms with Crippen LogP contribution in [0, 0.1) is 5.82 Å². The van der Waals surface area contributed by atoms with Gasteiger partial charge >= 0.3 is 0 Å². The highest BCUT2D eigenvalue weighted by Gasteiger charge is 2.23. The first kappa shape index (κ1) is 20.5. The van der Waals surface area contributed by atoms with E-state index in [9.17, 15) is 14.0 Å². The minimum absolute atomic E-state index is 0.0266. The molecule has 1 aromatic heterocycles. The summed E-state index contributed by atoms with van der Waals surface area (Å²) >= 11 is 2.66. The Labute approximate surface area is 180 Å². The third-order valence-corrected chi connectivity index (χ3v) is 6.46. The molecule has 1 aliphatic rings. The number of halogens is 1. The first-order valence-corrected chi connectivity index (χ1v) is 11.1. The fourth-order valence-electron chi connectivity index (χ4n) is 3.06. The normalized spacial score (nSPS) is 12.5. The zero-order valence-corrected chi connectivity index (χ0v) is 17.7. The van der Waals surface area contributed by atoms with Crippen LogP contribution >= 0.6 is 23.5 Å². The highest BCUT2D eigenvalue weighted by Crippen LogP contribution is 2.30. The number of hydrogen-bond donors (Lipinski definition) is 1. The first-order chi connectivity index (χ1) is 14.5. The molecule has 0 fully saturated rings. The van der Waals surface area contributed by atoms with Crippen molar-refractivity contribution in [2.75, 3.05) is 23.9 Å². The molecule has 0 bridgehead atoms. The molecule has 2 heterocycles. The zero-order valence-electron chi connectivity index (χ0n) is 16.1. The fourth-order valence-corrected chi connectivity index (χ4v) is 4.91. The molecule has 3 aromatic rings. The standard InChI is InChI=1S/C21H18FN3O3S2/c1-28-16-7-3-6-15(11-16)25-20(27)19-17(8-9-29-19)24-21(25)30-12-18(26)23-14-5-2-4-13(22)10-14/h2-7,10-11H,8-9,12H2,1H3,(H,23,26). The molecular formula is C21H18FN3O3S2. The molecule has 9 heteroatoms. The van der Waals surface area contributed by atoms with Crippen LogP contribution in [0.5, 0.6) is 5.75 Å². The summed E-state index contributed by atoms with van der Waals surface area (Å²) in [4.78, 5) is 30.8. The molecule has 0 saturated carbocycles. The Morgan fingerprint density at radius 2 is 2.13 bits per heavy atom. The molecule has 0 unspecified atom stereocenters. The minimum atomic E-state index is -0.426. The van der Waals surface area contributed by atoms with Crippen molar-refractivity contribution in [1.82, 2.24) is 9.55 Å². The number of anilines is 1. The van der Waals surface area contributed by atoms with Crippen molar-refractivity contribution in [3.63, 3.8) is 0 Å². The number of fused-ring (bicyclic) bond motifs is 1. The summed E-state index contributed by atoms with van der Waals surface area (Å²) in [6, 6.07) is 12.8. The SMILES string of the molecule is COc1cccc(-n2c(SCC(=O)Nc3cccc(F)c3)nc3c(c2=O)SCC3)c1. The van der Waals surface area contributed by atoms with E-state index in [-0.39, 0.29) is 17.2 Å². The predicted molar refractivity (Wildman–Crippen MR) is 117 cm³/mol. The second-order valence-corrected chi connectivity index (χ2v) is 8.51. The number of carbonyl (C=O) groups is 1. The molecule has 1 N–H and O–H groups in total. The highest BCUT2D eigenvalue weighted by atomic mass is 32.2. The van der Waals surface area contributed by atoms with Crippen LogP contribution in [0.4, 0.5) is 10.1 Å². The van der Waals surface area contributed by atoms with E-state index in [2.05, 4.69) is 10.3 Å². The van der Waals surface area contributed by atoms with E-state index in [1.54, 1.807) is 37.4 Å². The van der Waals surface area contributed by atoms with Gasteiger partial charge in [-0.15, -0.1) is 11.8 Å². The van der Waals surface area contributed by atoms with Gasteiger partial charge in [0.1, 0.15) is 11.6 Å². The number of methoxy groups -OCH3 is 1. The lowest BCUT2D eigenvalue weighted by molar-refractivity contribution is -0.113. The van der Waals surface area contributed by atoms with Crippen molar-refractivity contribution in [3.05, 3.63) is 70.4 Å². The van der Waals surface area contributed by atoms with E-state index in [1.165, 1.54) is 34.5 Å². The van der Waals surface area contributed by atoms with Crippen molar-refractivity contribution >= 4 is 35.1 Å². The van der Waals surface area contributed by atoms with E-state index in [4.69, 9.17) is 4.74 Å². The number of benzene rings is 2. The largest absolute Gasteiger partial charge is 0.497 e. The predicted octanol–water partition coefficient (Wildman–Crippen LogP) is 3.76. The molecule has 2 aromatic carbocycles. The zero-order chi connectivity index (χ0) is 21.1. The van der Waals surface area contributed by atoms with Crippen molar-refractivity contribution in [2.24, 2.45) is 0 Å². The number of aryl methyl sites for hydroxylation is 1. The molecule has 0 atom stereocenters. The van der Waals surface area contributed by atoms with Crippen molar-refractivity contribution in [2.45, 2.75) is 16.5 Å². The summed E-state index contributed by atoms with van der Waals surface area (Å²) in [7, 11) is 1.56. The lowest BCUT2D eigenvalue weighted by Gasteiger charge is -2.14. The van der Waals surface area contributed by atoms with Gasteiger partial charge < -0.3 is 10.1 Å². The lowest BCUT2D eigenvalue weighted by atomic mass is 10.3. The van der Waals surface area contributed by atoms with Crippen LogP contribution in [0.3, 0.4) is 0 Å². The van der Waals surface area contributed by atoms with Gasteiger partial charge in [-0.1, -0.05) is 23.9 Å². The molecule has 154 valence electrons. The molecule has 0 spiro atoms. The summed E-state index contributed by atoms with van der Waals surface area (Å²) in [6.07, 6.45) is 0.719. The average Bonchev–Trinajstić information content (AvgIpc) is 3.21. The Morgan fingerprint density at radius 1 is 1.30 bits per heavy atom. The highest BCUT2D eigenvalue weighted by molar-refractivity contribution is 8.00. The number of hydrogen-bond acceptors (Lipinski definition) is 6. The molecule has 0 radical (unpaired) electrons. The number of amides is 1.